The van der Waals surface area contributed by atoms with E-state index in [4.69, 9.17) is 5.73 Å². The second kappa shape index (κ2) is 8.47. The van der Waals surface area contributed by atoms with Crippen molar-refractivity contribution in [2.24, 2.45) is 5.73 Å². The molecule has 28 heavy (non-hydrogen) atoms. The molecule has 2 heterocycles. The summed E-state index contributed by atoms with van der Waals surface area (Å²) in [5.41, 5.74) is 5.87. The topological polar surface area (TPSA) is 125 Å². The lowest BCUT2D eigenvalue weighted by molar-refractivity contribution is -0.116. The summed E-state index contributed by atoms with van der Waals surface area (Å²) in [5.74, 6) is -0.662. The van der Waals surface area contributed by atoms with Crippen molar-refractivity contribution in [3.8, 4) is 0 Å². The number of primary amides is 1. The Morgan fingerprint density at radius 3 is 2.61 bits per heavy atom. The van der Waals surface area contributed by atoms with E-state index in [0.717, 1.165) is 6.42 Å². The molecule has 1 aromatic carbocycles. The van der Waals surface area contributed by atoms with Gasteiger partial charge in [-0.1, -0.05) is 19.1 Å². The van der Waals surface area contributed by atoms with Crippen LogP contribution in [0, 0.1) is 0 Å². The highest BCUT2D eigenvalue weighted by Crippen LogP contribution is 2.15. The number of amides is 2. The third-order valence-corrected chi connectivity index (χ3v) is 4.33. The van der Waals surface area contributed by atoms with Crippen LogP contribution in [0.1, 0.15) is 36.7 Å². The van der Waals surface area contributed by atoms with E-state index in [1.54, 1.807) is 22.8 Å². The summed E-state index contributed by atoms with van der Waals surface area (Å²) in [4.78, 5) is 44.5. The molecule has 0 saturated carbocycles. The minimum Gasteiger partial charge on any atom is -0.364 e. The summed E-state index contributed by atoms with van der Waals surface area (Å²) in [6, 6.07) is 7.13. The van der Waals surface area contributed by atoms with Gasteiger partial charge in [0.2, 0.25) is 5.91 Å². The van der Waals surface area contributed by atoms with Gasteiger partial charge in [-0.25, -0.2) is 9.97 Å². The molecule has 0 radical (unpaired) electrons. The Bertz CT molecular complexity index is 1070. The summed E-state index contributed by atoms with van der Waals surface area (Å²) in [5, 5.41) is 3.26. The Morgan fingerprint density at radius 2 is 1.86 bits per heavy atom. The van der Waals surface area contributed by atoms with E-state index in [1.807, 2.05) is 13.0 Å². The molecule has 3 rings (SSSR count). The number of aromatic nitrogens is 4. The van der Waals surface area contributed by atoms with E-state index in [9.17, 15) is 14.4 Å². The third kappa shape index (κ3) is 4.08. The molecule has 2 amide bonds. The van der Waals surface area contributed by atoms with E-state index in [2.05, 4.69) is 15.3 Å². The number of anilines is 1. The summed E-state index contributed by atoms with van der Waals surface area (Å²) in [6.45, 7) is 2.94. The summed E-state index contributed by atoms with van der Waals surface area (Å²) in [6.07, 6.45) is 4.41. The van der Waals surface area contributed by atoms with Crippen molar-refractivity contribution < 1.29 is 9.59 Å². The van der Waals surface area contributed by atoms with Gasteiger partial charge in [-0.2, -0.15) is 0 Å². The number of benzene rings is 1. The number of fused-ring (bicyclic) bond motifs is 1. The van der Waals surface area contributed by atoms with Crippen LogP contribution in [0.3, 0.4) is 0 Å². The number of nitrogens with two attached hydrogens (primary N) is 1. The minimum absolute atomic E-state index is 0.0387. The van der Waals surface area contributed by atoms with Crippen molar-refractivity contribution in [3.63, 3.8) is 0 Å². The monoisotopic (exact) mass is 382 g/mol. The van der Waals surface area contributed by atoms with Crippen molar-refractivity contribution >= 4 is 28.5 Å². The van der Waals surface area contributed by atoms with E-state index >= 15 is 0 Å². The normalized spacial score (nSPS) is 10.9. The average Bonchev–Trinajstić information content (AvgIpc) is 3.07. The van der Waals surface area contributed by atoms with E-state index in [1.165, 1.54) is 17.2 Å². The number of para-hydroxylation sites is 1. The minimum atomic E-state index is -0.695. The van der Waals surface area contributed by atoms with Crippen LogP contribution in [-0.2, 0) is 17.9 Å². The molecule has 0 unspecified atom stereocenters. The molecule has 9 heteroatoms. The van der Waals surface area contributed by atoms with Gasteiger partial charge in [-0.05, 0) is 25.0 Å². The maximum atomic E-state index is 12.5. The predicted molar refractivity (Wildman–Crippen MR) is 105 cm³/mol. The Labute approximate surface area is 161 Å². The highest BCUT2D eigenvalue weighted by Gasteiger charge is 2.17. The number of nitrogens with one attached hydrogen (secondary N) is 1. The van der Waals surface area contributed by atoms with Gasteiger partial charge in [-0.3, -0.25) is 19.0 Å². The number of carbonyl (C=O) groups is 2. The van der Waals surface area contributed by atoms with Gasteiger partial charge in [0.25, 0.3) is 11.5 Å². The van der Waals surface area contributed by atoms with E-state index in [0.29, 0.717) is 36.2 Å². The zero-order valence-electron chi connectivity index (χ0n) is 15.6. The summed E-state index contributed by atoms with van der Waals surface area (Å²) in [7, 11) is 0. The molecule has 0 aliphatic rings. The molecule has 3 aromatic rings. The number of hydrogen-bond acceptors (Lipinski definition) is 5. The zero-order chi connectivity index (χ0) is 20.1. The maximum Gasteiger partial charge on any atom is 0.271 e. The molecule has 0 aliphatic carbocycles. The fourth-order valence-corrected chi connectivity index (χ4v) is 2.97. The van der Waals surface area contributed by atoms with Gasteiger partial charge < -0.3 is 15.6 Å². The molecule has 0 bridgehead atoms. The molecular formula is C19H22N6O3. The second-order valence-corrected chi connectivity index (χ2v) is 6.41. The Hall–Kier alpha value is -3.49. The van der Waals surface area contributed by atoms with E-state index < -0.39 is 5.91 Å². The highest BCUT2D eigenvalue weighted by atomic mass is 16.2. The molecule has 0 spiro atoms. The standard InChI is InChI=1S/C19H22N6O3/c1-2-9-24-12-22-16(17(20)27)18(24)23-15(26)8-5-10-25-11-21-14-7-4-3-6-13(14)19(25)28/h3-4,6-7,11-12H,2,5,8-10H2,1H3,(H2,20,27)(H,23,26). The second-order valence-electron chi connectivity index (χ2n) is 6.41. The van der Waals surface area contributed by atoms with Gasteiger partial charge in [0.15, 0.2) is 5.69 Å². The smallest absolute Gasteiger partial charge is 0.271 e. The Morgan fingerprint density at radius 1 is 1.11 bits per heavy atom. The van der Waals surface area contributed by atoms with Gasteiger partial charge in [0.1, 0.15) is 5.82 Å². The molecule has 3 N–H and O–H groups in total. The number of aryl methyl sites for hydroxylation is 2. The Kier molecular flexibility index (Phi) is 5.83. The number of imidazole rings is 1. The molecule has 0 fully saturated rings. The first-order valence-corrected chi connectivity index (χ1v) is 9.10. The van der Waals surface area contributed by atoms with Crippen molar-refractivity contribution in [1.82, 2.24) is 19.1 Å². The first-order valence-electron chi connectivity index (χ1n) is 9.10. The van der Waals surface area contributed by atoms with Crippen LogP contribution in [0.15, 0.2) is 41.7 Å². The lowest BCUT2D eigenvalue weighted by atomic mass is 10.2. The molecule has 146 valence electrons. The molecular weight excluding hydrogens is 360 g/mol. The van der Waals surface area contributed by atoms with Crippen LogP contribution in [0.25, 0.3) is 10.9 Å². The largest absolute Gasteiger partial charge is 0.364 e. The van der Waals surface area contributed by atoms with Crippen LogP contribution in [0.5, 0.6) is 0 Å². The van der Waals surface area contributed by atoms with Crippen molar-refractivity contribution in [3.05, 3.63) is 53.0 Å². The fourth-order valence-electron chi connectivity index (χ4n) is 2.97. The Balaban J connectivity index is 1.64. The van der Waals surface area contributed by atoms with Crippen molar-refractivity contribution in [1.29, 1.82) is 0 Å². The number of rotatable bonds is 8. The van der Waals surface area contributed by atoms with E-state index in [-0.39, 0.29) is 23.6 Å². The SMILES string of the molecule is CCCn1cnc(C(N)=O)c1NC(=O)CCCn1cnc2ccccc2c1=O. The molecule has 9 nitrogen and oxygen atoms in total. The van der Waals surface area contributed by atoms with Gasteiger partial charge in [0.05, 0.1) is 23.6 Å². The maximum absolute atomic E-state index is 12.5. The van der Waals surface area contributed by atoms with Gasteiger partial charge in [-0.15, -0.1) is 0 Å². The number of carbonyl (C=O) groups excluding carboxylic acids is 2. The molecule has 0 atom stereocenters. The first-order chi connectivity index (χ1) is 13.5. The van der Waals surface area contributed by atoms with Crippen LogP contribution in [-0.4, -0.2) is 30.9 Å². The van der Waals surface area contributed by atoms with Crippen LogP contribution in [0.4, 0.5) is 5.82 Å². The lowest BCUT2D eigenvalue weighted by Gasteiger charge is -2.10. The average molecular weight is 382 g/mol. The summed E-state index contributed by atoms with van der Waals surface area (Å²) >= 11 is 0. The lowest BCUT2D eigenvalue weighted by Crippen LogP contribution is -2.23. The van der Waals surface area contributed by atoms with Gasteiger partial charge in [0, 0.05) is 19.5 Å². The van der Waals surface area contributed by atoms with Crippen LogP contribution < -0.4 is 16.6 Å². The summed E-state index contributed by atoms with van der Waals surface area (Å²) < 4.78 is 3.18. The quantitative estimate of drug-likeness (QED) is 0.611. The predicted octanol–water partition coefficient (Wildman–Crippen LogP) is 1.52. The molecule has 2 aromatic heterocycles. The van der Waals surface area contributed by atoms with Crippen molar-refractivity contribution in [2.45, 2.75) is 39.3 Å². The van der Waals surface area contributed by atoms with Gasteiger partial charge >= 0.3 is 0 Å². The fraction of sp³-hybridized carbons (Fsp3) is 0.316. The zero-order valence-corrected chi connectivity index (χ0v) is 15.6. The highest BCUT2D eigenvalue weighted by molar-refractivity contribution is 6.00. The molecule has 0 aliphatic heterocycles. The third-order valence-electron chi connectivity index (χ3n) is 4.33. The molecule has 0 saturated heterocycles. The first kappa shape index (κ1) is 19.3. The van der Waals surface area contributed by atoms with Crippen LogP contribution >= 0.6 is 0 Å². The number of hydrogen-bond donors (Lipinski definition) is 2. The number of nitrogens with zero attached hydrogens (tertiary/aromatic N) is 4. The van der Waals surface area contributed by atoms with Crippen molar-refractivity contribution in [2.75, 3.05) is 5.32 Å². The van der Waals surface area contributed by atoms with Crippen LogP contribution in [0.2, 0.25) is 0 Å².